The molecule has 3 heteroatoms. The molecular formula is C23H19F3. The highest BCUT2D eigenvalue weighted by Crippen LogP contribution is 2.23. The van der Waals surface area contributed by atoms with Gasteiger partial charge in [-0.25, -0.2) is 13.2 Å². The lowest BCUT2D eigenvalue weighted by Gasteiger charge is -2.13. The van der Waals surface area contributed by atoms with Crippen LogP contribution >= 0.6 is 0 Å². The lowest BCUT2D eigenvalue weighted by molar-refractivity contribution is 0.581. The topological polar surface area (TPSA) is 0 Å². The van der Waals surface area contributed by atoms with Crippen LogP contribution in [-0.4, -0.2) is 0 Å². The van der Waals surface area contributed by atoms with Crippen LogP contribution in [0.1, 0.15) is 35.1 Å². The molecule has 0 saturated carbocycles. The first-order valence-electron chi connectivity index (χ1n) is 8.49. The smallest absolute Gasteiger partial charge is 0.133 e. The molecule has 0 radical (unpaired) electrons. The standard InChI is InChI=1S/C23H19F3/c1-16(18-5-3-2-4-6-18)13-20-10-8-17(14-22(20)25)7-9-19-11-12-21(24)15-23(19)26/h2-12,14-16H,13H2,1H3/b9-7+. The Bertz CT molecular complexity index is 914. The van der Waals surface area contributed by atoms with E-state index in [0.29, 0.717) is 17.5 Å². The minimum absolute atomic E-state index is 0.209. The summed E-state index contributed by atoms with van der Waals surface area (Å²) in [5, 5.41) is 0. The fraction of sp³-hybridized carbons (Fsp3) is 0.130. The van der Waals surface area contributed by atoms with Gasteiger partial charge in [-0.1, -0.05) is 61.5 Å². The first kappa shape index (κ1) is 18.0. The van der Waals surface area contributed by atoms with Gasteiger partial charge in [-0.05, 0) is 47.2 Å². The average Bonchev–Trinajstić information content (AvgIpc) is 2.63. The Labute approximate surface area is 151 Å². The van der Waals surface area contributed by atoms with Gasteiger partial charge < -0.3 is 0 Å². The summed E-state index contributed by atoms with van der Waals surface area (Å²) in [4.78, 5) is 0. The van der Waals surface area contributed by atoms with Gasteiger partial charge in [0.15, 0.2) is 0 Å². The number of rotatable bonds is 5. The predicted octanol–water partition coefficient (Wildman–Crippen LogP) is 6.62. The summed E-state index contributed by atoms with van der Waals surface area (Å²) in [6, 6.07) is 18.4. The van der Waals surface area contributed by atoms with Crippen LogP contribution in [0.15, 0.2) is 66.7 Å². The van der Waals surface area contributed by atoms with E-state index in [2.05, 4.69) is 6.92 Å². The van der Waals surface area contributed by atoms with Crippen molar-refractivity contribution in [3.8, 4) is 0 Å². The van der Waals surface area contributed by atoms with Crippen LogP contribution in [0.25, 0.3) is 12.2 Å². The quantitative estimate of drug-likeness (QED) is 0.453. The van der Waals surface area contributed by atoms with Gasteiger partial charge in [0.25, 0.3) is 0 Å². The molecule has 0 aromatic heterocycles. The van der Waals surface area contributed by atoms with E-state index in [0.717, 1.165) is 6.07 Å². The number of halogens is 3. The Hall–Kier alpha value is -2.81. The van der Waals surface area contributed by atoms with E-state index >= 15 is 0 Å². The van der Waals surface area contributed by atoms with Gasteiger partial charge in [0.2, 0.25) is 0 Å². The second kappa shape index (κ2) is 8.05. The fourth-order valence-electron chi connectivity index (χ4n) is 2.88. The molecule has 0 amide bonds. The highest BCUT2D eigenvalue weighted by atomic mass is 19.1. The van der Waals surface area contributed by atoms with E-state index in [1.165, 1.54) is 29.8 Å². The highest BCUT2D eigenvalue weighted by molar-refractivity contribution is 5.70. The van der Waals surface area contributed by atoms with Crippen molar-refractivity contribution in [2.75, 3.05) is 0 Å². The molecule has 0 bridgehead atoms. The van der Waals surface area contributed by atoms with Crippen LogP contribution in [0.3, 0.4) is 0 Å². The zero-order valence-corrected chi connectivity index (χ0v) is 14.4. The summed E-state index contributed by atoms with van der Waals surface area (Å²) in [5.74, 6) is -1.34. The summed E-state index contributed by atoms with van der Waals surface area (Å²) in [7, 11) is 0. The molecule has 0 spiro atoms. The van der Waals surface area contributed by atoms with Gasteiger partial charge >= 0.3 is 0 Å². The summed E-state index contributed by atoms with van der Waals surface area (Å²) in [5.41, 5.74) is 2.70. The van der Waals surface area contributed by atoms with E-state index < -0.39 is 11.6 Å². The van der Waals surface area contributed by atoms with Crippen molar-refractivity contribution in [1.82, 2.24) is 0 Å². The van der Waals surface area contributed by atoms with Crippen molar-refractivity contribution in [3.63, 3.8) is 0 Å². The van der Waals surface area contributed by atoms with Crippen LogP contribution in [0.4, 0.5) is 13.2 Å². The Balaban J connectivity index is 1.74. The summed E-state index contributed by atoms with van der Waals surface area (Å²) in [6.45, 7) is 2.07. The van der Waals surface area contributed by atoms with Crippen molar-refractivity contribution in [2.24, 2.45) is 0 Å². The third-order valence-corrected chi connectivity index (χ3v) is 4.39. The van der Waals surface area contributed by atoms with Gasteiger partial charge in [-0.2, -0.15) is 0 Å². The van der Waals surface area contributed by atoms with E-state index in [1.54, 1.807) is 18.2 Å². The molecule has 0 aliphatic rings. The zero-order valence-electron chi connectivity index (χ0n) is 14.4. The molecule has 0 aliphatic heterocycles. The molecule has 0 heterocycles. The largest absolute Gasteiger partial charge is 0.207 e. The average molecular weight is 352 g/mol. The SMILES string of the molecule is CC(Cc1ccc(/C=C/c2ccc(F)cc2F)cc1F)c1ccccc1. The molecule has 1 atom stereocenters. The van der Waals surface area contributed by atoms with Crippen LogP contribution in [-0.2, 0) is 6.42 Å². The number of benzene rings is 3. The maximum atomic E-state index is 14.4. The lowest BCUT2D eigenvalue weighted by atomic mass is 9.93. The zero-order chi connectivity index (χ0) is 18.5. The van der Waals surface area contributed by atoms with Gasteiger partial charge in [-0.3, -0.25) is 0 Å². The summed E-state index contributed by atoms with van der Waals surface area (Å²) < 4.78 is 41.0. The fourth-order valence-corrected chi connectivity index (χ4v) is 2.88. The first-order valence-corrected chi connectivity index (χ1v) is 8.49. The second-order valence-corrected chi connectivity index (χ2v) is 6.37. The van der Waals surface area contributed by atoms with Crippen LogP contribution in [0.5, 0.6) is 0 Å². The minimum Gasteiger partial charge on any atom is -0.207 e. The molecule has 0 nitrogen and oxygen atoms in total. The summed E-state index contributed by atoms with van der Waals surface area (Å²) >= 11 is 0. The third-order valence-electron chi connectivity index (χ3n) is 4.39. The Morgan fingerprint density at radius 2 is 1.58 bits per heavy atom. The molecule has 3 rings (SSSR count). The Morgan fingerprint density at radius 1 is 0.808 bits per heavy atom. The molecule has 1 unspecified atom stereocenters. The highest BCUT2D eigenvalue weighted by Gasteiger charge is 2.10. The lowest BCUT2D eigenvalue weighted by Crippen LogP contribution is -2.00. The van der Waals surface area contributed by atoms with Crippen molar-refractivity contribution in [2.45, 2.75) is 19.3 Å². The molecular weight excluding hydrogens is 333 g/mol. The second-order valence-electron chi connectivity index (χ2n) is 6.37. The molecule has 3 aromatic rings. The maximum absolute atomic E-state index is 14.4. The predicted molar refractivity (Wildman–Crippen MR) is 100 cm³/mol. The van der Waals surface area contributed by atoms with Gasteiger partial charge in [0, 0.05) is 11.6 Å². The first-order chi connectivity index (χ1) is 12.5. The van der Waals surface area contributed by atoms with Crippen LogP contribution < -0.4 is 0 Å². The molecule has 26 heavy (non-hydrogen) atoms. The normalized spacial score (nSPS) is 12.5. The molecule has 0 fully saturated rings. The summed E-state index contributed by atoms with van der Waals surface area (Å²) in [6.07, 6.45) is 3.73. The molecule has 3 aromatic carbocycles. The van der Waals surface area contributed by atoms with Gasteiger partial charge in [0.1, 0.15) is 17.5 Å². The maximum Gasteiger partial charge on any atom is 0.133 e. The Kier molecular flexibility index (Phi) is 5.57. The Morgan fingerprint density at radius 3 is 2.27 bits per heavy atom. The van der Waals surface area contributed by atoms with E-state index in [1.807, 2.05) is 30.3 Å². The number of hydrogen-bond acceptors (Lipinski definition) is 0. The third kappa shape index (κ3) is 4.42. The minimum atomic E-state index is -0.643. The van der Waals surface area contributed by atoms with Crippen molar-refractivity contribution in [3.05, 3.63) is 106 Å². The van der Waals surface area contributed by atoms with Crippen molar-refractivity contribution in [1.29, 1.82) is 0 Å². The monoisotopic (exact) mass is 352 g/mol. The van der Waals surface area contributed by atoms with Crippen molar-refractivity contribution < 1.29 is 13.2 Å². The van der Waals surface area contributed by atoms with Gasteiger partial charge in [-0.15, -0.1) is 0 Å². The van der Waals surface area contributed by atoms with Crippen LogP contribution in [0, 0.1) is 17.5 Å². The molecule has 0 aliphatic carbocycles. The molecule has 0 saturated heterocycles. The van der Waals surface area contributed by atoms with Gasteiger partial charge in [0.05, 0.1) is 0 Å². The molecule has 0 N–H and O–H groups in total. The van der Waals surface area contributed by atoms with Crippen molar-refractivity contribution >= 4 is 12.2 Å². The number of hydrogen-bond donors (Lipinski definition) is 0. The van der Waals surface area contributed by atoms with Crippen LogP contribution in [0.2, 0.25) is 0 Å². The van der Waals surface area contributed by atoms with E-state index in [9.17, 15) is 13.2 Å². The van der Waals surface area contributed by atoms with E-state index in [4.69, 9.17) is 0 Å². The molecule has 132 valence electrons. The van der Waals surface area contributed by atoms with E-state index in [-0.39, 0.29) is 17.3 Å².